The normalized spacial score (nSPS) is 13.2. The minimum atomic E-state index is -1.09. The summed E-state index contributed by atoms with van der Waals surface area (Å²) >= 11 is 0. The number of aliphatic carboxylic acids is 1. The van der Waals surface area contributed by atoms with Crippen LogP contribution in [0.25, 0.3) is 0 Å². The third-order valence-electron chi connectivity index (χ3n) is 3.12. The zero-order chi connectivity index (χ0) is 17.3. The molecular weight excluding hydrogens is 296 g/mol. The van der Waals surface area contributed by atoms with E-state index in [1.54, 1.807) is 6.92 Å². The zero-order valence-corrected chi connectivity index (χ0v) is 12.5. The standard InChI is InChI=1S/C11H24N6O5/c1-7(16(14)10(12)20)2-3-8(17(15)11(13)21)4-5-22-6-9(18)19/h7-8H,2-6,14-15H2,1H3,(H2,12,20)(H2,13,21)(H,18,19). The van der Waals surface area contributed by atoms with Crippen molar-refractivity contribution in [3.8, 4) is 0 Å². The minimum Gasteiger partial charge on any atom is -0.480 e. The van der Waals surface area contributed by atoms with Crippen molar-refractivity contribution >= 4 is 18.0 Å². The molecule has 4 amide bonds. The van der Waals surface area contributed by atoms with Gasteiger partial charge >= 0.3 is 18.0 Å². The van der Waals surface area contributed by atoms with Crippen molar-refractivity contribution in [1.82, 2.24) is 10.0 Å². The molecule has 0 spiro atoms. The van der Waals surface area contributed by atoms with E-state index in [0.717, 1.165) is 10.0 Å². The molecule has 9 N–H and O–H groups in total. The monoisotopic (exact) mass is 320 g/mol. The summed E-state index contributed by atoms with van der Waals surface area (Å²) in [6.07, 6.45) is 1.10. The average Bonchev–Trinajstić information content (AvgIpc) is 2.43. The summed E-state index contributed by atoms with van der Waals surface area (Å²) < 4.78 is 4.90. The lowest BCUT2D eigenvalue weighted by Gasteiger charge is -2.28. The molecule has 0 aromatic carbocycles. The first-order valence-corrected chi connectivity index (χ1v) is 6.63. The van der Waals surface area contributed by atoms with Crippen LogP contribution in [0.2, 0.25) is 0 Å². The van der Waals surface area contributed by atoms with Gasteiger partial charge < -0.3 is 21.3 Å². The molecule has 0 radical (unpaired) electrons. The molecule has 0 heterocycles. The lowest BCUT2D eigenvalue weighted by Crippen LogP contribution is -2.51. The number of nitrogens with two attached hydrogens (primary N) is 4. The molecule has 0 bridgehead atoms. The van der Waals surface area contributed by atoms with Crippen molar-refractivity contribution in [2.24, 2.45) is 23.2 Å². The first-order valence-electron chi connectivity index (χ1n) is 6.63. The second kappa shape index (κ2) is 9.76. The van der Waals surface area contributed by atoms with Crippen LogP contribution in [0.5, 0.6) is 0 Å². The molecule has 22 heavy (non-hydrogen) atoms. The molecule has 2 atom stereocenters. The highest BCUT2D eigenvalue weighted by molar-refractivity contribution is 5.72. The van der Waals surface area contributed by atoms with Gasteiger partial charge in [-0.1, -0.05) is 0 Å². The SMILES string of the molecule is CC(CCC(CCOCC(=O)O)N(N)C(N)=O)N(N)C(N)=O. The summed E-state index contributed by atoms with van der Waals surface area (Å²) in [4.78, 5) is 32.4. The van der Waals surface area contributed by atoms with Gasteiger partial charge in [0.05, 0.1) is 6.04 Å². The van der Waals surface area contributed by atoms with Crippen LogP contribution in [-0.2, 0) is 9.53 Å². The molecular formula is C11H24N6O5. The Kier molecular flexibility index (Phi) is 8.82. The van der Waals surface area contributed by atoms with E-state index in [4.69, 9.17) is 33.0 Å². The van der Waals surface area contributed by atoms with Crippen LogP contribution >= 0.6 is 0 Å². The maximum absolute atomic E-state index is 11.1. The molecule has 0 fully saturated rings. The Hall–Kier alpha value is -2.11. The molecule has 0 rings (SSSR count). The van der Waals surface area contributed by atoms with Gasteiger partial charge in [0, 0.05) is 12.6 Å². The number of hydrogen-bond donors (Lipinski definition) is 5. The molecule has 2 unspecified atom stereocenters. The summed E-state index contributed by atoms with van der Waals surface area (Å²) in [5, 5.41) is 10.2. The molecule has 11 nitrogen and oxygen atoms in total. The average molecular weight is 320 g/mol. The number of carboxylic acids is 1. The summed E-state index contributed by atoms with van der Waals surface area (Å²) in [6.45, 7) is 1.34. The fourth-order valence-electron chi connectivity index (χ4n) is 1.77. The van der Waals surface area contributed by atoms with Gasteiger partial charge in [-0.2, -0.15) is 0 Å². The van der Waals surface area contributed by atoms with Gasteiger partial charge in [-0.25, -0.2) is 26.1 Å². The van der Waals surface area contributed by atoms with Crippen molar-refractivity contribution in [3.05, 3.63) is 0 Å². The lowest BCUT2D eigenvalue weighted by atomic mass is 10.0. The van der Waals surface area contributed by atoms with E-state index < -0.39 is 30.7 Å². The zero-order valence-electron chi connectivity index (χ0n) is 12.5. The van der Waals surface area contributed by atoms with Crippen LogP contribution in [0, 0.1) is 0 Å². The molecule has 11 heteroatoms. The Morgan fingerprint density at radius 1 is 1.05 bits per heavy atom. The van der Waals surface area contributed by atoms with Crippen molar-refractivity contribution in [3.63, 3.8) is 0 Å². The number of carbonyl (C=O) groups is 3. The highest BCUT2D eigenvalue weighted by Gasteiger charge is 2.22. The molecule has 0 aromatic rings. The largest absolute Gasteiger partial charge is 0.480 e. The number of nitrogens with zero attached hydrogens (tertiary/aromatic N) is 2. The van der Waals surface area contributed by atoms with E-state index in [1.807, 2.05) is 0 Å². The van der Waals surface area contributed by atoms with Crippen molar-refractivity contribution in [1.29, 1.82) is 0 Å². The Balaban J connectivity index is 4.44. The molecule has 0 aliphatic rings. The van der Waals surface area contributed by atoms with Gasteiger partial charge in [0.15, 0.2) is 0 Å². The lowest BCUT2D eigenvalue weighted by molar-refractivity contribution is -0.142. The minimum absolute atomic E-state index is 0.0918. The fourth-order valence-corrected chi connectivity index (χ4v) is 1.77. The van der Waals surface area contributed by atoms with Gasteiger partial charge in [0.25, 0.3) is 0 Å². The highest BCUT2D eigenvalue weighted by atomic mass is 16.5. The second-order valence-corrected chi connectivity index (χ2v) is 4.81. The van der Waals surface area contributed by atoms with Gasteiger partial charge in [0.1, 0.15) is 6.61 Å². The number of ether oxygens (including phenoxy) is 1. The molecule has 0 aromatic heterocycles. The number of urea groups is 2. The van der Waals surface area contributed by atoms with Crippen LogP contribution in [0.4, 0.5) is 9.59 Å². The predicted octanol–water partition coefficient (Wildman–Crippen LogP) is -1.48. The van der Waals surface area contributed by atoms with Gasteiger partial charge in [0.2, 0.25) is 0 Å². The number of amides is 4. The van der Waals surface area contributed by atoms with E-state index in [9.17, 15) is 14.4 Å². The second-order valence-electron chi connectivity index (χ2n) is 4.81. The highest BCUT2D eigenvalue weighted by Crippen LogP contribution is 2.12. The summed E-state index contributed by atoms with van der Waals surface area (Å²) in [5.74, 6) is 9.95. The fraction of sp³-hybridized carbons (Fsp3) is 0.727. The topological polar surface area (TPSA) is 191 Å². The van der Waals surface area contributed by atoms with E-state index in [-0.39, 0.29) is 12.6 Å². The van der Waals surface area contributed by atoms with E-state index in [0.29, 0.717) is 19.3 Å². The van der Waals surface area contributed by atoms with Gasteiger partial charge in [-0.15, -0.1) is 0 Å². The van der Waals surface area contributed by atoms with E-state index in [2.05, 4.69) is 0 Å². The van der Waals surface area contributed by atoms with Gasteiger partial charge in [-0.05, 0) is 26.2 Å². The Morgan fingerprint density at radius 2 is 1.59 bits per heavy atom. The quantitative estimate of drug-likeness (QED) is 0.140. The van der Waals surface area contributed by atoms with Crippen molar-refractivity contribution < 1.29 is 24.2 Å². The first-order chi connectivity index (χ1) is 10.2. The van der Waals surface area contributed by atoms with Crippen molar-refractivity contribution in [2.45, 2.75) is 38.3 Å². The molecule has 0 aliphatic carbocycles. The van der Waals surface area contributed by atoms with Crippen LogP contribution < -0.4 is 23.2 Å². The third-order valence-corrected chi connectivity index (χ3v) is 3.12. The number of carboxylic acid groups (broad SMARTS) is 1. The first kappa shape index (κ1) is 19.9. The molecule has 0 aliphatic heterocycles. The summed E-state index contributed by atoms with van der Waals surface area (Å²) in [6, 6.07) is -2.43. The third kappa shape index (κ3) is 7.61. The van der Waals surface area contributed by atoms with Crippen molar-refractivity contribution in [2.75, 3.05) is 13.2 Å². The molecule has 0 saturated heterocycles. The molecule has 0 saturated carbocycles. The smallest absolute Gasteiger partial charge is 0.329 e. The Labute approximate surface area is 128 Å². The Bertz CT molecular complexity index is 393. The Morgan fingerprint density at radius 3 is 2.05 bits per heavy atom. The van der Waals surface area contributed by atoms with Gasteiger partial charge in [-0.3, -0.25) is 10.0 Å². The van der Waals surface area contributed by atoms with Crippen LogP contribution in [0.15, 0.2) is 0 Å². The number of hydrogen-bond acceptors (Lipinski definition) is 6. The number of hydrazine groups is 2. The maximum atomic E-state index is 11.1. The number of carbonyl (C=O) groups excluding carboxylic acids is 2. The number of rotatable bonds is 10. The predicted molar refractivity (Wildman–Crippen MR) is 76.8 cm³/mol. The van der Waals surface area contributed by atoms with Crippen LogP contribution in [-0.4, -0.2) is 58.5 Å². The maximum Gasteiger partial charge on any atom is 0.329 e. The van der Waals surface area contributed by atoms with Crippen LogP contribution in [0.1, 0.15) is 26.2 Å². The molecule has 128 valence electrons. The van der Waals surface area contributed by atoms with E-state index in [1.165, 1.54) is 0 Å². The van der Waals surface area contributed by atoms with E-state index >= 15 is 0 Å². The number of primary amides is 2. The van der Waals surface area contributed by atoms with Crippen LogP contribution in [0.3, 0.4) is 0 Å². The summed E-state index contributed by atoms with van der Waals surface area (Å²) in [5.41, 5.74) is 10.2. The summed E-state index contributed by atoms with van der Waals surface area (Å²) in [7, 11) is 0.